The Morgan fingerprint density at radius 1 is 1.10 bits per heavy atom. The van der Waals surface area contributed by atoms with Crippen LogP contribution in [0.2, 0.25) is 0 Å². The normalized spacial score (nSPS) is 14.3. The summed E-state index contributed by atoms with van der Waals surface area (Å²) in [5.41, 5.74) is 4.02. The number of hydrogen-bond acceptors (Lipinski definition) is 4. The van der Waals surface area contributed by atoms with E-state index < -0.39 is 0 Å². The number of amides is 2. The predicted molar refractivity (Wildman–Crippen MR) is 118 cm³/mol. The van der Waals surface area contributed by atoms with Crippen molar-refractivity contribution in [3.05, 3.63) is 57.3 Å². The van der Waals surface area contributed by atoms with E-state index in [0.717, 1.165) is 23.3 Å². The summed E-state index contributed by atoms with van der Waals surface area (Å²) >= 11 is 1.62. The largest absolute Gasteiger partial charge is 0.350 e. The number of thiophene rings is 1. The van der Waals surface area contributed by atoms with Crippen molar-refractivity contribution in [1.82, 2.24) is 15.5 Å². The molecule has 1 aliphatic carbocycles. The van der Waals surface area contributed by atoms with Crippen molar-refractivity contribution in [3.63, 3.8) is 0 Å². The smallest absolute Gasteiger partial charge is 0.234 e. The number of fused-ring (bicyclic) bond motifs is 1. The topological polar surface area (TPSA) is 61.4 Å². The molecule has 29 heavy (non-hydrogen) atoms. The second-order valence-electron chi connectivity index (χ2n) is 7.68. The van der Waals surface area contributed by atoms with Crippen molar-refractivity contribution in [2.24, 2.45) is 0 Å². The molecule has 2 N–H and O–H groups in total. The van der Waals surface area contributed by atoms with Crippen LogP contribution >= 0.6 is 11.3 Å². The minimum Gasteiger partial charge on any atom is -0.350 e. The minimum atomic E-state index is -0.0595. The SMILES string of the molecule is CCN(CC(=O)NCc1cccs1)CC(=O)N[C@@H](C)c1ccc2c(c1)CCCC2. The fourth-order valence-electron chi connectivity index (χ4n) is 3.73. The maximum Gasteiger partial charge on any atom is 0.234 e. The van der Waals surface area contributed by atoms with Crippen LogP contribution in [-0.4, -0.2) is 36.3 Å². The first-order chi connectivity index (χ1) is 14.0. The molecule has 1 aromatic heterocycles. The summed E-state index contributed by atoms with van der Waals surface area (Å²) in [6, 6.07) is 10.5. The monoisotopic (exact) mass is 413 g/mol. The highest BCUT2D eigenvalue weighted by atomic mass is 32.1. The number of aryl methyl sites for hydroxylation is 2. The van der Waals surface area contributed by atoms with Gasteiger partial charge in [-0.25, -0.2) is 0 Å². The molecule has 1 aromatic carbocycles. The number of nitrogens with zero attached hydrogens (tertiary/aromatic N) is 1. The van der Waals surface area contributed by atoms with Gasteiger partial charge in [-0.3, -0.25) is 14.5 Å². The van der Waals surface area contributed by atoms with Crippen LogP contribution in [-0.2, 0) is 29.0 Å². The molecule has 1 heterocycles. The summed E-state index contributed by atoms with van der Waals surface area (Å²) < 4.78 is 0. The van der Waals surface area contributed by atoms with Crippen LogP contribution in [0.3, 0.4) is 0 Å². The number of rotatable bonds is 9. The summed E-state index contributed by atoms with van der Waals surface area (Å²) in [7, 11) is 0. The van der Waals surface area contributed by atoms with Gasteiger partial charge in [0.15, 0.2) is 0 Å². The van der Waals surface area contributed by atoms with Gasteiger partial charge in [0.2, 0.25) is 11.8 Å². The maximum atomic E-state index is 12.5. The second kappa shape index (κ2) is 10.6. The number of hydrogen-bond donors (Lipinski definition) is 2. The van der Waals surface area contributed by atoms with Gasteiger partial charge in [0, 0.05) is 4.88 Å². The van der Waals surface area contributed by atoms with Gasteiger partial charge in [0.1, 0.15) is 0 Å². The lowest BCUT2D eigenvalue weighted by Gasteiger charge is -2.22. The molecule has 5 nitrogen and oxygen atoms in total. The quantitative estimate of drug-likeness (QED) is 0.662. The van der Waals surface area contributed by atoms with Crippen LogP contribution in [0.25, 0.3) is 0 Å². The average Bonchev–Trinajstić information content (AvgIpc) is 3.25. The summed E-state index contributed by atoms with van der Waals surface area (Å²) in [5.74, 6) is -0.112. The van der Waals surface area contributed by atoms with E-state index >= 15 is 0 Å². The van der Waals surface area contributed by atoms with Crippen molar-refractivity contribution in [3.8, 4) is 0 Å². The Balaban J connectivity index is 1.47. The number of carbonyl (C=O) groups excluding carboxylic acids is 2. The van der Waals surface area contributed by atoms with E-state index in [9.17, 15) is 9.59 Å². The van der Waals surface area contributed by atoms with E-state index in [1.54, 1.807) is 11.3 Å². The molecule has 0 saturated heterocycles. The maximum absolute atomic E-state index is 12.5. The van der Waals surface area contributed by atoms with E-state index in [-0.39, 0.29) is 30.9 Å². The zero-order chi connectivity index (χ0) is 20.6. The van der Waals surface area contributed by atoms with Crippen molar-refractivity contribution < 1.29 is 9.59 Å². The number of likely N-dealkylation sites (N-methyl/N-ethyl adjacent to an activating group) is 1. The number of nitrogens with one attached hydrogen (secondary N) is 2. The van der Waals surface area contributed by atoms with Crippen molar-refractivity contribution in [1.29, 1.82) is 0 Å². The Labute approximate surface area is 177 Å². The molecular weight excluding hydrogens is 382 g/mol. The van der Waals surface area contributed by atoms with Gasteiger partial charge in [-0.2, -0.15) is 0 Å². The van der Waals surface area contributed by atoms with Crippen molar-refractivity contribution in [2.75, 3.05) is 19.6 Å². The van der Waals surface area contributed by atoms with Gasteiger partial charge in [-0.05, 0) is 67.3 Å². The van der Waals surface area contributed by atoms with E-state index in [4.69, 9.17) is 0 Å². The van der Waals surface area contributed by atoms with Gasteiger partial charge < -0.3 is 10.6 Å². The number of benzene rings is 1. The fraction of sp³-hybridized carbons (Fsp3) is 0.478. The molecule has 6 heteroatoms. The van der Waals surface area contributed by atoms with Crippen LogP contribution in [0.4, 0.5) is 0 Å². The molecule has 0 unspecified atom stereocenters. The lowest BCUT2D eigenvalue weighted by molar-refractivity contribution is -0.125. The van der Waals surface area contributed by atoms with Crippen LogP contribution in [0.15, 0.2) is 35.7 Å². The molecule has 0 radical (unpaired) electrons. The molecule has 1 aliphatic rings. The fourth-order valence-corrected chi connectivity index (χ4v) is 4.38. The van der Waals surface area contributed by atoms with Gasteiger partial charge in [0.05, 0.1) is 25.7 Å². The molecular formula is C23H31N3O2S. The van der Waals surface area contributed by atoms with Crippen LogP contribution in [0, 0.1) is 0 Å². The standard InChI is InChI=1S/C23H31N3O2S/c1-3-26(15-22(27)24-14-21-9-6-12-29-21)16-23(28)25-17(2)19-11-10-18-7-4-5-8-20(18)13-19/h6,9-13,17H,3-5,7-8,14-16H2,1-2H3,(H,24,27)(H,25,28)/t17-/m0/s1. The molecule has 0 aliphatic heterocycles. The molecule has 0 fully saturated rings. The summed E-state index contributed by atoms with van der Waals surface area (Å²) in [6.07, 6.45) is 4.81. The van der Waals surface area contributed by atoms with Gasteiger partial charge in [-0.1, -0.05) is 31.2 Å². The van der Waals surface area contributed by atoms with Crippen LogP contribution in [0.5, 0.6) is 0 Å². The van der Waals surface area contributed by atoms with Crippen molar-refractivity contribution in [2.45, 2.75) is 52.1 Å². The first-order valence-electron chi connectivity index (χ1n) is 10.5. The van der Waals surface area contributed by atoms with Crippen LogP contribution in [0.1, 0.15) is 54.3 Å². The zero-order valence-corrected chi connectivity index (χ0v) is 18.2. The highest BCUT2D eigenvalue weighted by Gasteiger charge is 2.17. The molecule has 2 amide bonds. The third-order valence-corrected chi connectivity index (χ3v) is 6.35. The predicted octanol–water partition coefficient (Wildman–Crippen LogP) is 3.44. The first-order valence-corrected chi connectivity index (χ1v) is 11.4. The summed E-state index contributed by atoms with van der Waals surface area (Å²) in [4.78, 5) is 27.7. The lowest BCUT2D eigenvalue weighted by Crippen LogP contribution is -2.43. The molecule has 2 aromatic rings. The summed E-state index contributed by atoms with van der Waals surface area (Å²) in [5, 5.41) is 8.00. The van der Waals surface area contributed by atoms with E-state index in [2.05, 4.69) is 28.8 Å². The highest BCUT2D eigenvalue weighted by molar-refractivity contribution is 7.09. The van der Waals surface area contributed by atoms with Crippen molar-refractivity contribution >= 4 is 23.2 Å². The molecule has 0 saturated carbocycles. The second-order valence-corrected chi connectivity index (χ2v) is 8.72. The van der Waals surface area contributed by atoms with Crippen LogP contribution < -0.4 is 10.6 Å². The Morgan fingerprint density at radius 3 is 2.59 bits per heavy atom. The Morgan fingerprint density at radius 2 is 1.86 bits per heavy atom. The molecule has 0 bridgehead atoms. The molecule has 156 valence electrons. The van der Waals surface area contributed by atoms with Gasteiger partial charge >= 0.3 is 0 Å². The minimum absolute atomic E-state index is 0.0407. The van der Waals surface area contributed by atoms with Gasteiger partial charge in [0.25, 0.3) is 0 Å². The third-order valence-electron chi connectivity index (χ3n) is 5.47. The van der Waals surface area contributed by atoms with Gasteiger partial charge in [-0.15, -0.1) is 11.3 Å². The molecule has 1 atom stereocenters. The first kappa shape index (κ1) is 21.5. The van der Waals surface area contributed by atoms with E-state index in [1.807, 2.05) is 36.3 Å². The lowest BCUT2D eigenvalue weighted by atomic mass is 9.89. The Bertz CT molecular complexity index is 820. The van der Waals surface area contributed by atoms with E-state index in [0.29, 0.717) is 13.1 Å². The number of carbonyl (C=O) groups is 2. The zero-order valence-electron chi connectivity index (χ0n) is 17.4. The third kappa shape index (κ3) is 6.41. The molecule has 3 rings (SSSR count). The highest BCUT2D eigenvalue weighted by Crippen LogP contribution is 2.24. The Hall–Kier alpha value is -2.18. The average molecular weight is 414 g/mol. The van der Waals surface area contributed by atoms with E-state index in [1.165, 1.54) is 24.0 Å². The Kier molecular flexibility index (Phi) is 7.83. The molecule has 0 spiro atoms. The summed E-state index contributed by atoms with van der Waals surface area (Å²) in [6.45, 7) is 5.61.